The van der Waals surface area contributed by atoms with Crippen LogP contribution >= 0.6 is 0 Å². The quantitative estimate of drug-likeness (QED) is 0.498. The molecule has 2 unspecified atom stereocenters. The van der Waals surface area contributed by atoms with Gasteiger partial charge in [-0.05, 0) is 42.1 Å². The van der Waals surface area contributed by atoms with Gasteiger partial charge in [-0.25, -0.2) is 26.3 Å². The summed E-state index contributed by atoms with van der Waals surface area (Å²) >= 11 is 0. The molecule has 32 heavy (non-hydrogen) atoms. The van der Waals surface area contributed by atoms with Crippen LogP contribution in [0.2, 0.25) is 0 Å². The number of carbonyl (C=O) groups is 1. The summed E-state index contributed by atoms with van der Waals surface area (Å²) in [6.45, 7) is 4.73. The number of aromatic amines is 1. The highest BCUT2D eigenvalue weighted by molar-refractivity contribution is 7.89. The van der Waals surface area contributed by atoms with Gasteiger partial charge in [-0.3, -0.25) is 4.79 Å². The standard InChI is InChI=1S/C20H20F3N5O3S/c1-2-18(26-32(30,31)17-6-14(22)13(21)5-15(17)23)20-4-3-11(20)10-8-28(9-12(10)20)19(29)16-7-24-27-25-16/h2,5-7,10-12,18,26H,1,3-4,8-9H2,(H,24,25,27)/t10-,11-,12-,18?,20?/m1/s1. The van der Waals surface area contributed by atoms with Crippen molar-refractivity contribution in [2.75, 3.05) is 13.1 Å². The predicted molar refractivity (Wildman–Crippen MR) is 105 cm³/mol. The first-order chi connectivity index (χ1) is 15.2. The second kappa shape index (κ2) is 7.14. The number of sulfonamides is 1. The van der Waals surface area contributed by atoms with E-state index in [1.54, 1.807) is 4.90 Å². The third kappa shape index (κ3) is 2.85. The maximum Gasteiger partial charge on any atom is 0.276 e. The van der Waals surface area contributed by atoms with Crippen molar-refractivity contribution in [2.45, 2.75) is 23.8 Å². The Bertz CT molecular complexity index is 1210. The summed E-state index contributed by atoms with van der Waals surface area (Å²) < 4.78 is 69.2. The molecule has 3 fully saturated rings. The van der Waals surface area contributed by atoms with Crippen molar-refractivity contribution in [2.24, 2.45) is 23.2 Å². The number of carbonyl (C=O) groups excluding carboxylic acids is 1. The van der Waals surface area contributed by atoms with Crippen LogP contribution in [0, 0.1) is 40.6 Å². The van der Waals surface area contributed by atoms with Crippen LogP contribution in [0.1, 0.15) is 23.3 Å². The van der Waals surface area contributed by atoms with Crippen LogP contribution in [0.15, 0.2) is 35.9 Å². The average Bonchev–Trinajstić information content (AvgIpc) is 3.39. The Morgan fingerprint density at radius 1 is 1.25 bits per heavy atom. The van der Waals surface area contributed by atoms with E-state index in [9.17, 15) is 26.4 Å². The molecule has 12 heteroatoms. The zero-order valence-corrected chi connectivity index (χ0v) is 17.6. The Labute approximate surface area is 181 Å². The highest BCUT2D eigenvalue weighted by atomic mass is 32.2. The molecule has 1 aromatic heterocycles. The molecule has 2 aromatic rings. The molecule has 8 nitrogen and oxygen atoms in total. The first kappa shape index (κ1) is 21.1. The van der Waals surface area contributed by atoms with Crippen LogP contribution in [-0.2, 0) is 10.0 Å². The third-order valence-electron chi connectivity index (χ3n) is 7.43. The molecule has 2 saturated carbocycles. The van der Waals surface area contributed by atoms with Gasteiger partial charge in [0, 0.05) is 25.2 Å². The fourth-order valence-electron chi connectivity index (χ4n) is 5.97. The van der Waals surface area contributed by atoms with Gasteiger partial charge >= 0.3 is 0 Å². The number of amides is 1. The van der Waals surface area contributed by atoms with Crippen LogP contribution in [0.25, 0.3) is 0 Å². The molecule has 0 spiro atoms. The van der Waals surface area contributed by atoms with E-state index < -0.39 is 43.8 Å². The van der Waals surface area contributed by atoms with Gasteiger partial charge in [0.1, 0.15) is 10.7 Å². The van der Waals surface area contributed by atoms with Gasteiger partial charge in [-0.15, -0.1) is 6.58 Å². The number of fused-ring (bicyclic) bond motifs is 4. The number of nitrogens with zero attached hydrogens (tertiary/aromatic N) is 3. The molecule has 5 atom stereocenters. The highest BCUT2D eigenvalue weighted by Gasteiger charge is 2.71. The monoisotopic (exact) mass is 467 g/mol. The van der Waals surface area contributed by atoms with E-state index in [2.05, 4.69) is 26.7 Å². The first-order valence-corrected chi connectivity index (χ1v) is 11.6. The fourth-order valence-corrected chi connectivity index (χ4v) is 7.32. The lowest BCUT2D eigenvalue weighted by Gasteiger charge is -2.69. The van der Waals surface area contributed by atoms with Gasteiger partial charge in [0.2, 0.25) is 10.0 Å². The van der Waals surface area contributed by atoms with E-state index in [4.69, 9.17) is 0 Å². The van der Waals surface area contributed by atoms with E-state index in [1.165, 1.54) is 12.3 Å². The summed E-state index contributed by atoms with van der Waals surface area (Å²) in [7, 11) is -4.49. The van der Waals surface area contributed by atoms with Gasteiger partial charge in [0.05, 0.1) is 6.20 Å². The minimum Gasteiger partial charge on any atom is -0.337 e. The summed E-state index contributed by atoms with van der Waals surface area (Å²) in [5, 5.41) is 9.90. The smallest absolute Gasteiger partial charge is 0.276 e. The van der Waals surface area contributed by atoms with Gasteiger partial charge in [0.15, 0.2) is 17.3 Å². The van der Waals surface area contributed by atoms with Crippen molar-refractivity contribution in [1.82, 2.24) is 25.0 Å². The third-order valence-corrected chi connectivity index (χ3v) is 8.89. The molecule has 2 aliphatic carbocycles. The molecule has 0 radical (unpaired) electrons. The normalized spacial score (nSPS) is 29.5. The minimum atomic E-state index is -4.49. The molecular formula is C20H20F3N5O3S. The Hall–Kier alpha value is -2.73. The molecule has 1 amide bonds. The summed E-state index contributed by atoms with van der Waals surface area (Å²) in [6.07, 6.45) is 4.40. The first-order valence-electron chi connectivity index (χ1n) is 10.1. The molecule has 5 rings (SSSR count). The summed E-state index contributed by atoms with van der Waals surface area (Å²) in [4.78, 5) is 13.4. The lowest BCUT2D eigenvalue weighted by Crippen LogP contribution is -2.70. The summed E-state index contributed by atoms with van der Waals surface area (Å²) in [5.74, 6) is -4.14. The van der Waals surface area contributed by atoms with E-state index >= 15 is 0 Å². The Kier molecular flexibility index (Phi) is 4.71. The number of rotatable bonds is 6. The second-order valence-corrected chi connectivity index (χ2v) is 10.3. The van der Waals surface area contributed by atoms with Crippen molar-refractivity contribution in [3.63, 3.8) is 0 Å². The van der Waals surface area contributed by atoms with Gasteiger partial charge in [0.25, 0.3) is 5.91 Å². The van der Waals surface area contributed by atoms with Crippen molar-refractivity contribution in [3.05, 3.63) is 54.1 Å². The molecule has 3 aliphatic rings. The van der Waals surface area contributed by atoms with Crippen molar-refractivity contribution in [1.29, 1.82) is 0 Å². The number of nitrogens with one attached hydrogen (secondary N) is 2. The van der Waals surface area contributed by atoms with E-state index in [0.29, 0.717) is 25.6 Å². The van der Waals surface area contributed by atoms with Crippen LogP contribution in [0.3, 0.4) is 0 Å². The van der Waals surface area contributed by atoms with E-state index in [1.807, 2.05) is 0 Å². The van der Waals surface area contributed by atoms with Gasteiger partial charge in [-0.1, -0.05) is 6.08 Å². The second-order valence-electron chi connectivity index (χ2n) is 8.62. The molecule has 1 aromatic carbocycles. The summed E-state index contributed by atoms with van der Waals surface area (Å²) in [6, 6.07) is -0.205. The number of benzene rings is 1. The van der Waals surface area contributed by atoms with Crippen LogP contribution in [-0.4, -0.2) is 53.8 Å². The predicted octanol–water partition coefficient (Wildman–Crippen LogP) is 1.85. The van der Waals surface area contributed by atoms with Crippen LogP contribution in [0.5, 0.6) is 0 Å². The fraction of sp³-hybridized carbons (Fsp3) is 0.450. The number of H-pyrrole nitrogens is 1. The number of hydrogen-bond donors (Lipinski definition) is 2. The topological polar surface area (TPSA) is 108 Å². The molecular weight excluding hydrogens is 447 g/mol. The lowest BCUT2D eigenvalue weighted by molar-refractivity contribution is -0.186. The van der Waals surface area contributed by atoms with Crippen molar-refractivity contribution >= 4 is 15.9 Å². The Morgan fingerprint density at radius 3 is 2.62 bits per heavy atom. The Balaban J connectivity index is 1.39. The molecule has 0 bridgehead atoms. The van der Waals surface area contributed by atoms with Crippen LogP contribution in [0.4, 0.5) is 13.2 Å². The summed E-state index contributed by atoms with van der Waals surface area (Å²) in [5.41, 5.74) is -0.254. The van der Waals surface area contributed by atoms with Crippen molar-refractivity contribution in [3.8, 4) is 0 Å². The molecule has 170 valence electrons. The molecule has 2 heterocycles. The van der Waals surface area contributed by atoms with Crippen molar-refractivity contribution < 1.29 is 26.4 Å². The van der Waals surface area contributed by atoms with E-state index in [0.717, 1.165) is 6.42 Å². The zero-order valence-electron chi connectivity index (χ0n) is 16.8. The maximum absolute atomic E-state index is 14.1. The average molecular weight is 467 g/mol. The van der Waals surface area contributed by atoms with Gasteiger partial charge in [-0.2, -0.15) is 15.4 Å². The largest absolute Gasteiger partial charge is 0.337 e. The van der Waals surface area contributed by atoms with E-state index in [-0.39, 0.29) is 35.4 Å². The Morgan fingerprint density at radius 2 is 2.00 bits per heavy atom. The molecule has 1 aliphatic heterocycles. The SMILES string of the molecule is C=CC(NS(=O)(=O)c1cc(F)c(F)cc1F)C12CC[C@@H]1[C@H]1CN(C(=O)c3cn[nH]n3)C[C@H]12. The zero-order chi connectivity index (χ0) is 22.8. The highest BCUT2D eigenvalue weighted by Crippen LogP contribution is 2.71. The minimum absolute atomic E-state index is 0.0256. The maximum atomic E-state index is 14.1. The molecule has 1 saturated heterocycles. The number of halogens is 3. The number of hydrogen-bond acceptors (Lipinski definition) is 5. The lowest BCUT2D eigenvalue weighted by atomic mass is 9.36. The molecule has 2 N–H and O–H groups in total. The number of likely N-dealkylation sites (tertiary alicyclic amines) is 1. The van der Waals surface area contributed by atoms with Gasteiger partial charge < -0.3 is 4.90 Å². The number of aromatic nitrogens is 3. The van der Waals surface area contributed by atoms with Crippen LogP contribution < -0.4 is 4.72 Å².